The lowest BCUT2D eigenvalue weighted by Gasteiger charge is -2.19. The molecule has 0 spiro atoms. The molecule has 0 aliphatic heterocycles. The van der Waals surface area contributed by atoms with E-state index in [0.29, 0.717) is 27.5 Å². The zero-order valence-corrected chi connectivity index (χ0v) is 23.9. The van der Waals surface area contributed by atoms with Gasteiger partial charge < -0.3 is 18.9 Å². The maximum Gasteiger partial charge on any atom is 0.331 e. The molecule has 2 unspecified atom stereocenters. The third-order valence-electron chi connectivity index (χ3n) is 4.78. The van der Waals surface area contributed by atoms with Crippen LogP contribution < -0.4 is 9.47 Å². The summed E-state index contributed by atoms with van der Waals surface area (Å²) in [7, 11) is 3.11. The highest BCUT2D eigenvalue weighted by Gasteiger charge is 2.48. The molecule has 0 saturated heterocycles. The maximum atomic E-state index is 12.0. The van der Waals surface area contributed by atoms with E-state index < -0.39 is 17.2 Å². The van der Waals surface area contributed by atoms with Gasteiger partial charge in [-0.05, 0) is 78.3 Å². The Morgan fingerprint density at radius 3 is 1.95 bits per heavy atom. The number of hydrogen-bond acceptors (Lipinski definition) is 8. The summed E-state index contributed by atoms with van der Waals surface area (Å²) in [5, 5.41) is 0.741. The Hall–Kier alpha value is -2.84. The van der Waals surface area contributed by atoms with Crippen molar-refractivity contribution in [3.8, 4) is 11.5 Å². The molecule has 2 aromatic rings. The number of halogens is 2. The summed E-state index contributed by atoms with van der Waals surface area (Å²) < 4.78 is 20.9. The first kappa shape index (κ1) is 30.4. The van der Waals surface area contributed by atoms with E-state index in [-0.39, 0.29) is 17.8 Å². The highest BCUT2D eigenvalue weighted by Crippen LogP contribution is 2.50. The zero-order valence-electron chi connectivity index (χ0n) is 22.4. The van der Waals surface area contributed by atoms with Gasteiger partial charge in [-0.3, -0.25) is 4.79 Å². The van der Waals surface area contributed by atoms with Crippen molar-refractivity contribution < 1.29 is 28.5 Å². The van der Waals surface area contributed by atoms with Crippen molar-refractivity contribution in [1.29, 1.82) is 0 Å². The van der Waals surface area contributed by atoms with Crippen LogP contribution in [0.3, 0.4) is 0 Å². The number of hydrogen-bond donors (Lipinski definition) is 0. The van der Waals surface area contributed by atoms with Gasteiger partial charge in [-0.2, -0.15) is 0 Å². The van der Waals surface area contributed by atoms with E-state index in [4.69, 9.17) is 42.1 Å². The second kappa shape index (κ2) is 12.6. The van der Waals surface area contributed by atoms with Crippen LogP contribution in [-0.2, 0) is 19.1 Å². The smallest absolute Gasteiger partial charge is 0.331 e. The zero-order chi connectivity index (χ0) is 28.0. The largest absolute Gasteiger partial charge is 0.495 e. The fraction of sp³-hybridized carbons (Fsp3) is 0.481. The van der Waals surface area contributed by atoms with Gasteiger partial charge in [0.25, 0.3) is 0 Å². The van der Waals surface area contributed by atoms with E-state index in [1.54, 1.807) is 52.1 Å². The molecule has 10 heteroatoms. The Balaban J connectivity index is 0.000000261. The molecule has 2 heterocycles. The first-order valence-corrected chi connectivity index (χ1v) is 12.4. The number of rotatable bonds is 6. The van der Waals surface area contributed by atoms with E-state index in [9.17, 15) is 9.59 Å². The highest BCUT2D eigenvalue weighted by atomic mass is 35.5. The number of carbonyl (C=O) groups excluding carboxylic acids is 2. The Kier molecular flexibility index (Phi) is 10.4. The minimum absolute atomic E-state index is 0.0449. The SMILES string of the molecule is COc1ccc(Cl)nc1/C=C/C(=O)OC(C)(C)C.COc1ccc(Cl)nc1C1CC1C(=O)OC(C)(C)C. The van der Waals surface area contributed by atoms with Gasteiger partial charge in [-0.15, -0.1) is 0 Å². The molecule has 0 amide bonds. The Labute approximate surface area is 228 Å². The molecule has 37 heavy (non-hydrogen) atoms. The van der Waals surface area contributed by atoms with Crippen molar-refractivity contribution in [1.82, 2.24) is 9.97 Å². The van der Waals surface area contributed by atoms with Crippen molar-refractivity contribution in [3.05, 3.63) is 52.0 Å². The number of pyridine rings is 2. The van der Waals surface area contributed by atoms with Crippen LogP contribution in [0.2, 0.25) is 10.3 Å². The summed E-state index contributed by atoms with van der Waals surface area (Å²) in [5.41, 5.74) is 0.241. The molecule has 2 aromatic heterocycles. The topological polar surface area (TPSA) is 96.8 Å². The molecular formula is C27H34Cl2N2O6. The number of methoxy groups -OCH3 is 2. The van der Waals surface area contributed by atoms with Crippen molar-refractivity contribution in [2.75, 3.05) is 14.2 Å². The quantitative estimate of drug-likeness (QED) is 0.234. The van der Waals surface area contributed by atoms with Gasteiger partial charge in [0.15, 0.2) is 0 Å². The third-order valence-corrected chi connectivity index (χ3v) is 5.20. The van der Waals surface area contributed by atoms with Crippen LogP contribution in [0.25, 0.3) is 6.08 Å². The predicted molar refractivity (Wildman–Crippen MR) is 143 cm³/mol. The fourth-order valence-electron chi connectivity index (χ4n) is 3.22. The molecule has 0 radical (unpaired) electrons. The lowest BCUT2D eigenvalue weighted by molar-refractivity contribution is -0.156. The molecular weight excluding hydrogens is 519 g/mol. The summed E-state index contributed by atoms with van der Waals surface area (Å²) in [6, 6.07) is 6.75. The average Bonchev–Trinajstić information content (AvgIpc) is 3.57. The minimum Gasteiger partial charge on any atom is -0.495 e. The molecule has 2 atom stereocenters. The van der Waals surface area contributed by atoms with Gasteiger partial charge in [0, 0.05) is 12.0 Å². The van der Waals surface area contributed by atoms with Crippen LogP contribution in [0.5, 0.6) is 11.5 Å². The Bertz CT molecular complexity index is 1140. The molecule has 3 rings (SSSR count). The number of esters is 2. The summed E-state index contributed by atoms with van der Waals surface area (Å²) in [4.78, 5) is 31.8. The van der Waals surface area contributed by atoms with E-state index in [2.05, 4.69) is 9.97 Å². The van der Waals surface area contributed by atoms with Crippen LogP contribution in [-0.4, -0.2) is 47.3 Å². The van der Waals surface area contributed by atoms with Gasteiger partial charge in [0.2, 0.25) is 0 Å². The van der Waals surface area contributed by atoms with Crippen LogP contribution >= 0.6 is 23.2 Å². The van der Waals surface area contributed by atoms with Crippen LogP contribution in [0.4, 0.5) is 0 Å². The standard InChI is InChI=1S/C14H18ClNO3.C13H16ClNO3/c1-14(2,3)19-13(17)9-7-8(9)12-10(18-4)5-6-11(15)16-12;1-13(2,3)18-12(16)8-5-9-10(17-4)6-7-11(14)15-9/h5-6,8-9H,7H2,1-4H3;5-8H,1-4H3/b;8-5+. The van der Waals surface area contributed by atoms with E-state index in [1.807, 2.05) is 20.8 Å². The second-order valence-electron chi connectivity index (χ2n) is 10.3. The monoisotopic (exact) mass is 552 g/mol. The van der Waals surface area contributed by atoms with Gasteiger partial charge in [-0.1, -0.05) is 23.2 Å². The number of ether oxygens (including phenoxy) is 4. The molecule has 1 aliphatic carbocycles. The van der Waals surface area contributed by atoms with Crippen LogP contribution in [0, 0.1) is 5.92 Å². The van der Waals surface area contributed by atoms with Crippen molar-refractivity contribution in [3.63, 3.8) is 0 Å². The average molecular weight is 553 g/mol. The summed E-state index contributed by atoms with van der Waals surface area (Å²) in [6.45, 7) is 11.0. The second-order valence-corrected chi connectivity index (χ2v) is 11.1. The lowest BCUT2D eigenvalue weighted by atomic mass is 10.1. The fourth-order valence-corrected chi connectivity index (χ4v) is 3.53. The van der Waals surface area contributed by atoms with Crippen molar-refractivity contribution in [2.24, 2.45) is 5.92 Å². The minimum atomic E-state index is -0.521. The van der Waals surface area contributed by atoms with Gasteiger partial charge in [0.05, 0.1) is 25.8 Å². The normalized spacial score (nSPS) is 16.9. The summed E-state index contributed by atoms with van der Waals surface area (Å²) in [5.74, 6) is 0.495. The first-order chi connectivity index (χ1) is 17.1. The Morgan fingerprint density at radius 1 is 0.865 bits per heavy atom. The van der Waals surface area contributed by atoms with E-state index in [0.717, 1.165) is 12.1 Å². The van der Waals surface area contributed by atoms with E-state index >= 15 is 0 Å². The molecule has 1 fully saturated rings. The highest BCUT2D eigenvalue weighted by molar-refractivity contribution is 6.29. The van der Waals surface area contributed by atoms with Crippen molar-refractivity contribution in [2.45, 2.75) is 65.1 Å². The predicted octanol–water partition coefficient (Wildman–Crippen LogP) is 6.29. The Morgan fingerprint density at radius 2 is 1.41 bits per heavy atom. The molecule has 202 valence electrons. The first-order valence-electron chi connectivity index (χ1n) is 11.7. The number of nitrogens with zero attached hydrogens (tertiary/aromatic N) is 2. The number of aromatic nitrogens is 2. The van der Waals surface area contributed by atoms with Gasteiger partial charge in [-0.25, -0.2) is 14.8 Å². The van der Waals surface area contributed by atoms with Crippen molar-refractivity contribution >= 4 is 41.2 Å². The number of carbonyl (C=O) groups is 2. The lowest BCUT2D eigenvalue weighted by Crippen LogP contribution is -2.25. The van der Waals surface area contributed by atoms with Crippen LogP contribution in [0.1, 0.15) is 65.3 Å². The molecule has 8 nitrogen and oxygen atoms in total. The maximum absolute atomic E-state index is 12.0. The molecule has 0 aromatic carbocycles. The molecule has 0 N–H and O–H groups in total. The third kappa shape index (κ3) is 10.2. The summed E-state index contributed by atoms with van der Waals surface area (Å²) in [6.07, 6.45) is 3.55. The van der Waals surface area contributed by atoms with Crippen LogP contribution in [0.15, 0.2) is 30.3 Å². The van der Waals surface area contributed by atoms with Gasteiger partial charge in [0.1, 0.15) is 38.7 Å². The van der Waals surface area contributed by atoms with E-state index in [1.165, 1.54) is 19.3 Å². The molecule has 0 bridgehead atoms. The van der Waals surface area contributed by atoms with Gasteiger partial charge >= 0.3 is 11.9 Å². The molecule has 1 aliphatic rings. The molecule has 1 saturated carbocycles. The summed E-state index contributed by atoms with van der Waals surface area (Å²) >= 11 is 11.7.